The van der Waals surface area contributed by atoms with Gasteiger partial charge in [-0.25, -0.2) is 4.98 Å². The number of nitrogens with one attached hydrogen (secondary N) is 1. The van der Waals surface area contributed by atoms with Gasteiger partial charge in [-0.3, -0.25) is 4.79 Å². The number of rotatable bonds is 5. The normalized spacial score (nSPS) is 11.9. The van der Waals surface area contributed by atoms with E-state index in [1.165, 1.54) is 0 Å². The quantitative estimate of drug-likeness (QED) is 0.757. The zero-order valence-corrected chi connectivity index (χ0v) is 13.3. The minimum atomic E-state index is -0.745. The molecular weight excluding hydrogens is 304 g/mol. The van der Waals surface area contributed by atoms with Gasteiger partial charge in [0.1, 0.15) is 5.69 Å². The van der Waals surface area contributed by atoms with Crippen molar-refractivity contribution in [2.75, 3.05) is 6.54 Å². The first-order valence-corrected chi connectivity index (χ1v) is 7.68. The summed E-state index contributed by atoms with van der Waals surface area (Å²) in [7, 11) is 0. The Morgan fingerprint density at radius 1 is 1.17 bits per heavy atom. The minimum Gasteiger partial charge on any atom is -0.463 e. The number of furan rings is 1. The van der Waals surface area contributed by atoms with Crippen molar-refractivity contribution < 1.29 is 14.3 Å². The lowest BCUT2D eigenvalue weighted by Crippen LogP contribution is -2.29. The highest BCUT2D eigenvalue weighted by molar-refractivity contribution is 5.95. The number of aromatic nitrogens is 1. The van der Waals surface area contributed by atoms with E-state index in [4.69, 9.17) is 4.42 Å². The summed E-state index contributed by atoms with van der Waals surface area (Å²) < 4.78 is 5.31. The molecule has 1 atom stereocenters. The van der Waals surface area contributed by atoms with Gasteiger partial charge in [-0.05, 0) is 36.8 Å². The van der Waals surface area contributed by atoms with E-state index in [0.29, 0.717) is 22.7 Å². The fourth-order valence-corrected chi connectivity index (χ4v) is 2.44. The fraction of sp³-hybridized carbons (Fsp3) is 0.158. The summed E-state index contributed by atoms with van der Waals surface area (Å²) >= 11 is 0. The molecule has 0 radical (unpaired) electrons. The lowest BCUT2D eigenvalue weighted by molar-refractivity contribution is 0.0915. The summed E-state index contributed by atoms with van der Waals surface area (Å²) in [5.74, 6) is 0.394. The maximum Gasteiger partial charge on any atom is 0.253 e. The van der Waals surface area contributed by atoms with E-state index >= 15 is 0 Å². The molecule has 0 saturated carbocycles. The minimum absolute atomic E-state index is 0.141. The van der Waals surface area contributed by atoms with Crippen molar-refractivity contribution in [3.05, 3.63) is 77.7 Å². The lowest BCUT2D eigenvalue weighted by Gasteiger charge is -2.13. The second-order valence-electron chi connectivity index (χ2n) is 5.44. The molecule has 2 heterocycles. The molecule has 1 unspecified atom stereocenters. The van der Waals surface area contributed by atoms with Crippen LogP contribution in [0.1, 0.15) is 27.7 Å². The number of hydrogen-bond acceptors (Lipinski definition) is 4. The zero-order valence-electron chi connectivity index (χ0n) is 13.3. The first-order valence-electron chi connectivity index (χ1n) is 7.68. The molecule has 0 spiro atoms. The summed E-state index contributed by atoms with van der Waals surface area (Å²) in [6.07, 6.45) is 0.837. The van der Waals surface area contributed by atoms with Crippen LogP contribution in [0.25, 0.3) is 11.5 Å². The summed E-state index contributed by atoms with van der Waals surface area (Å²) in [5, 5.41) is 12.9. The Balaban J connectivity index is 1.67. The maximum absolute atomic E-state index is 12.3. The lowest BCUT2D eigenvalue weighted by atomic mass is 10.1. The third-order valence-electron chi connectivity index (χ3n) is 3.74. The van der Waals surface area contributed by atoms with E-state index in [9.17, 15) is 9.90 Å². The number of pyridine rings is 1. The SMILES string of the molecule is Cc1nc(-c2ccco2)ccc1C(=O)NCC(O)c1ccccc1. The summed E-state index contributed by atoms with van der Waals surface area (Å²) in [4.78, 5) is 16.7. The number of aliphatic hydroxyl groups is 1. The van der Waals surface area contributed by atoms with Gasteiger partial charge < -0.3 is 14.8 Å². The van der Waals surface area contributed by atoms with Crippen LogP contribution >= 0.6 is 0 Å². The molecule has 0 aliphatic carbocycles. The number of aryl methyl sites for hydroxylation is 1. The van der Waals surface area contributed by atoms with Crippen molar-refractivity contribution in [3.63, 3.8) is 0 Å². The Bertz CT molecular complexity index is 814. The van der Waals surface area contributed by atoms with Crippen molar-refractivity contribution >= 4 is 5.91 Å². The van der Waals surface area contributed by atoms with E-state index in [2.05, 4.69) is 10.3 Å². The van der Waals surface area contributed by atoms with E-state index in [1.54, 1.807) is 31.4 Å². The molecule has 3 rings (SSSR count). The number of aliphatic hydroxyl groups excluding tert-OH is 1. The van der Waals surface area contributed by atoms with Gasteiger partial charge in [0, 0.05) is 6.54 Å². The highest BCUT2D eigenvalue weighted by Gasteiger charge is 2.14. The average molecular weight is 322 g/mol. The molecule has 1 aromatic carbocycles. The average Bonchev–Trinajstić information content (AvgIpc) is 3.14. The number of hydrogen-bond donors (Lipinski definition) is 2. The first kappa shape index (κ1) is 16.0. The van der Waals surface area contributed by atoms with Gasteiger partial charge in [0.25, 0.3) is 5.91 Å². The van der Waals surface area contributed by atoms with Gasteiger partial charge in [-0.2, -0.15) is 0 Å². The number of nitrogens with zero attached hydrogens (tertiary/aromatic N) is 1. The van der Waals surface area contributed by atoms with Crippen LogP contribution < -0.4 is 5.32 Å². The molecule has 0 aliphatic rings. The van der Waals surface area contributed by atoms with Crippen LogP contribution in [0.2, 0.25) is 0 Å². The molecule has 24 heavy (non-hydrogen) atoms. The van der Waals surface area contributed by atoms with Crippen LogP contribution in [0.15, 0.2) is 65.3 Å². The predicted octanol–water partition coefficient (Wildman–Crippen LogP) is 3.11. The molecule has 2 N–H and O–H groups in total. The van der Waals surface area contributed by atoms with Gasteiger partial charge in [-0.15, -0.1) is 0 Å². The Hall–Kier alpha value is -2.92. The van der Waals surface area contributed by atoms with Crippen LogP contribution in [0.5, 0.6) is 0 Å². The topological polar surface area (TPSA) is 75.4 Å². The number of carbonyl (C=O) groups excluding carboxylic acids is 1. The maximum atomic E-state index is 12.3. The monoisotopic (exact) mass is 322 g/mol. The second kappa shape index (κ2) is 7.10. The highest BCUT2D eigenvalue weighted by Crippen LogP contribution is 2.19. The van der Waals surface area contributed by atoms with Crippen LogP contribution in [0.3, 0.4) is 0 Å². The molecule has 122 valence electrons. The fourth-order valence-electron chi connectivity index (χ4n) is 2.44. The number of benzene rings is 1. The molecule has 0 fully saturated rings. The van der Waals surface area contributed by atoms with Gasteiger partial charge in [0.15, 0.2) is 5.76 Å². The van der Waals surface area contributed by atoms with Crippen LogP contribution in [-0.2, 0) is 0 Å². The molecular formula is C19H18N2O3. The van der Waals surface area contributed by atoms with E-state index in [1.807, 2.05) is 36.4 Å². The van der Waals surface area contributed by atoms with Crippen LogP contribution in [0.4, 0.5) is 0 Å². The summed E-state index contributed by atoms with van der Waals surface area (Å²) in [6.45, 7) is 1.91. The van der Waals surface area contributed by atoms with Crippen molar-refractivity contribution in [1.29, 1.82) is 0 Å². The number of amides is 1. The van der Waals surface area contributed by atoms with Crippen LogP contribution in [0, 0.1) is 6.92 Å². The smallest absolute Gasteiger partial charge is 0.253 e. The Kier molecular flexibility index (Phi) is 4.72. The highest BCUT2D eigenvalue weighted by atomic mass is 16.3. The van der Waals surface area contributed by atoms with Crippen LogP contribution in [-0.4, -0.2) is 22.5 Å². The largest absolute Gasteiger partial charge is 0.463 e. The van der Waals surface area contributed by atoms with Crippen molar-refractivity contribution in [2.24, 2.45) is 0 Å². The van der Waals surface area contributed by atoms with Crippen molar-refractivity contribution in [2.45, 2.75) is 13.0 Å². The predicted molar refractivity (Wildman–Crippen MR) is 90.4 cm³/mol. The van der Waals surface area contributed by atoms with Gasteiger partial charge in [-0.1, -0.05) is 30.3 Å². The number of carbonyl (C=O) groups is 1. The summed E-state index contributed by atoms with van der Waals surface area (Å²) in [6, 6.07) is 16.3. The third kappa shape index (κ3) is 3.52. The summed E-state index contributed by atoms with van der Waals surface area (Å²) in [5.41, 5.74) is 2.53. The molecule has 0 aliphatic heterocycles. The first-order chi connectivity index (χ1) is 11.6. The molecule has 1 amide bonds. The molecule has 5 heteroatoms. The zero-order chi connectivity index (χ0) is 16.9. The Labute approximate surface area is 140 Å². The van der Waals surface area contributed by atoms with Crippen molar-refractivity contribution in [3.8, 4) is 11.5 Å². The molecule has 0 bridgehead atoms. The molecule has 3 aromatic rings. The standard InChI is InChI=1S/C19H18N2O3/c1-13-15(9-10-16(21-13)18-8-5-11-24-18)19(23)20-12-17(22)14-6-3-2-4-7-14/h2-11,17,22H,12H2,1H3,(H,20,23). The van der Waals surface area contributed by atoms with Gasteiger partial charge in [0.2, 0.25) is 0 Å². The third-order valence-corrected chi connectivity index (χ3v) is 3.74. The Morgan fingerprint density at radius 3 is 2.62 bits per heavy atom. The molecule has 0 saturated heterocycles. The molecule has 2 aromatic heterocycles. The molecule has 5 nitrogen and oxygen atoms in total. The van der Waals surface area contributed by atoms with E-state index in [-0.39, 0.29) is 12.5 Å². The van der Waals surface area contributed by atoms with Crippen molar-refractivity contribution in [1.82, 2.24) is 10.3 Å². The second-order valence-corrected chi connectivity index (χ2v) is 5.44. The van der Waals surface area contributed by atoms with E-state index < -0.39 is 6.10 Å². The van der Waals surface area contributed by atoms with Gasteiger partial charge >= 0.3 is 0 Å². The van der Waals surface area contributed by atoms with E-state index in [0.717, 1.165) is 5.56 Å². The Morgan fingerprint density at radius 2 is 1.96 bits per heavy atom. The van der Waals surface area contributed by atoms with Gasteiger partial charge in [0.05, 0.1) is 23.6 Å².